The lowest BCUT2D eigenvalue weighted by atomic mass is 9.70. The summed E-state index contributed by atoms with van der Waals surface area (Å²) in [5.41, 5.74) is -2.73. The molecule has 138 valence electrons. The Morgan fingerprint density at radius 3 is 1.42 bits per heavy atom. The van der Waals surface area contributed by atoms with E-state index in [1.54, 1.807) is 0 Å². The summed E-state index contributed by atoms with van der Waals surface area (Å²) in [4.78, 5) is 42.1. The minimum atomic E-state index is -1.14. The lowest BCUT2D eigenvalue weighted by Gasteiger charge is -2.31. The Kier molecular flexibility index (Phi) is 6.81. The van der Waals surface area contributed by atoms with Crippen molar-refractivity contribution in [2.75, 3.05) is 0 Å². The topological polar surface area (TPSA) is 109 Å². The van der Waals surface area contributed by atoms with Gasteiger partial charge in [0.25, 0.3) is 0 Å². The SMILES string of the molecule is CC(C)(O)C=O.CC(C)(O)C=O.CC12CCC(C(=O)C1=O)C2(C)C. The predicted molar refractivity (Wildman–Crippen MR) is 89.3 cm³/mol. The third kappa shape index (κ3) is 5.05. The highest BCUT2D eigenvalue weighted by atomic mass is 16.3. The predicted octanol–water partition coefficient (Wildman–Crippen LogP) is 1.49. The van der Waals surface area contributed by atoms with Gasteiger partial charge in [0.2, 0.25) is 11.6 Å². The summed E-state index contributed by atoms with van der Waals surface area (Å²) in [6.07, 6.45) is 2.79. The highest BCUT2D eigenvalue weighted by Gasteiger charge is 2.66. The first-order valence-corrected chi connectivity index (χ1v) is 7.99. The van der Waals surface area contributed by atoms with Crippen molar-refractivity contribution in [2.24, 2.45) is 16.7 Å². The van der Waals surface area contributed by atoms with Crippen LogP contribution in [-0.4, -0.2) is 45.6 Å². The number of rotatable bonds is 2. The van der Waals surface area contributed by atoms with Crippen LogP contribution in [0.5, 0.6) is 0 Å². The molecule has 0 aromatic rings. The minimum absolute atomic E-state index is 0.00926. The van der Waals surface area contributed by atoms with Gasteiger partial charge in [-0.25, -0.2) is 0 Å². The molecule has 6 nitrogen and oxygen atoms in total. The third-order valence-corrected chi connectivity index (χ3v) is 4.84. The highest BCUT2D eigenvalue weighted by Crippen LogP contribution is 2.61. The van der Waals surface area contributed by atoms with E-state index < -0.39 is 11.2 Å². The molecular formula is C18H30O6. The third-order valence-electron chi connectivity index (χ3n) is 4.84. The van der Waals surface area contributed by atoms with Gasteiger partial charge in [0.15, 0.2) is 12.6 Å². The van der Waals surface area contributed by atoms with E-state index in [-0.39, 0.29) is 28.3 Å². The quantitative estimate of drug-likeness (QED) is 0.581. The maximum atomic E-state index is 11.6. The van der Waals surface area contributed by atoms with Crippen molar-refractivity contribution in [2.45, 2.75) is 72.5 Å². The van der Waals surface area contributed by atoms with E-state index in [1.165, 1.54) is 27.7 Å². The minimum Gasteiger partial charge on any atom is -0.383 e. The van der Waals surface area contributed by atoms with Gasteiger partial charge in [-0.2, -0.15) is 0 Å². The van der Waals surface area contributed by atoms with Gasteiger partial charge in [-0.3, -0.25) is 9.59 Å². The molecule has 0 spiro atoms. The zero-order valence-corrected chi connectivity index (χ0v) is 15.7. The standard InChI is InChI=1S/C10H14O2.2C4H8O2/c1-9(2)6-4-5-10(9,3)8(12)7(6)11;2*1-4(2,6)3-5/h6H,4-5H2,1-3H3;2*3,6H,1-2H3. The van der Waals surface area contributed by atoms with Crippen LogP contribution in [0.1, 0.15) is 61.3 Å². The second-order valence-electron chi connectivity index (χ2n) is 8.38. The Morgan fingerprint density at radius 1 is 0.958 bits per heavy atom. The van der Waals surface area contributed by atoms with Gasteiger partial charge in [-0.15, -0.1) is 0 Å². The van der Waals surface area contributed by atoms with E-state index in [0.717, 1.165) is 12.8 Å². The van der Waals surface area contributed by atoms with Gasteiger partial charge in [-0.05, 0) is 46.0 Å². The molecule has 0 heterocycles. The van der Waals surface area contributed by atoms with Crippen LogP contribution in [0.2, 0.25) is 0 Å². The van der Waals surface area contributed by atoms with Crippen molar-refractivity contribution in [3.05, 3.63) is 0 Å². The number of hydrogen-bond acceptors (Lipinski definition) is 6. The molecule has 2 aliphatic carbocycles. The number of carbonyl (C=O) groups is 4. The van der Waals surface area contributed by atoms with Crippen molar-refractivity contribution < 1.29 is 29.4 Å². The summed E-state index contributed by atoms with van der Waals surface area (Å²) in [7, 11) is 0. The van der Waals surface area contributed by atoms with Crippen molar-refractivity contribution >= 4 is 24.1 Å². The zero-order valence-electron chi connectivity index (χ0n) is 15.7. The molecule has 2 unspecified atom stereocenters. The molecule has 0 radical (unpaired) electrons. The first kappa shape index (κ1) is 22.6. The Bertz CT molecular complexity index is 489. The maximum Gasteiger partial charge on any atom is 0.205 e. The van der Waals surface area contributed by atoms with Gasteiger partial charge >= 0.3 is 0 Å². The molecule has 0 aromatic heterocycles. The molecule has 0 saturated heterocycles. The summed E-state index contributed by atoms with van der Waals surface area (Å²) in [6, 6.07) is 0. The van der Waals surface area contributed by atoms with Crippen molar-refractivity contribution in [3.8, 4) is 0 Å². The van der Waals surface area contributed by atoms with Crippen LogP contribution in [0, 0.1) is 16.7 Å². The largest absolute Gasteiger partial charge is 0.383 e. The Hall–Kier alpha value is -1.40. The fourth-order valence-electron chi connectivity index (χ4n) is 2.80. The molecule has 2 fully saturated rings. The smallest absolute Gasteiger partial charge is 0.205 e. The number of aldehydes is 2. The average molecular weight is 342 g/mol. The van der Waals surface area contributed by atoms with E-state index in [0.29, 0.717) is 12.6 Å². The fourth-order valence-corrected chi connectivity index (χ4v) is 2.80. The van der Waals surface area contributed by atoms with Crippen LogP contribution < -0.4 is 0 Å². The molecule has 0 amide bonds. The molecule has 0 aliphatic heterocycles. The molecule has 6 heteroatoms. The number of aliphatic hydroxyl groups is 2. The molecule has 2 atom stereocenters. The van der Waals surface area contributed by atoms with Gasteiger partial charge in [0.1, 0.15) is 11.2 Å². The molecular weight excluding hydrogens is 312 g/mol. The molecule has 0 aromatic carbocycles. The summed E-state index contributed by atoms with van der Waals surface area (Å²) in [5.74, 6) is -0.229. The number of carbonyl (C=O) groups excluding carboxylic acids is 4. The molecule has 2 N–H and O–H groups in total. The molecule has 24 heavy (non-hydrogen) atoms. The van der Waals surface area contributed by atoms with E-state index in [2.05, 4.69) is 0 Å². The first-order chi connectivity index (χ1) is 10.5. The lowest BCUT2D eigenvalue weighted by molar-refractivity contribution is -0.141. The zero-order chi connectivity index (χ0) is 19.6. The van der Waals surface area contributed by atoms with Crippen molar-refractivity contribution in [3.63, 3.8) is 0 Å². The number of fused-ring (bicyclic) bond motifs is 2. The van der Waals surface area contributed by atoms with Gasteiger partial charge in [0, 0.05) is 11.3 Å². The second kappa shape index (κ2) is 7.23. The summed E-state index contributed by atoms with van der Waals surface area (Å²) in [6.45, 7) is 11.8. The number of Topliss-reactive ketones (excluding diaryl/α,β-unsaturated/α-hetero) is 2. The van der Waals surface area contributed by atoms with Crippen LogP contribution >= 0.6 is 0 Å². The van der Waals surface area contributed by atoms with E-state index >= 15 is 0 Å². The fraction of sp³-hybridized carbons (Fsp3) is 0.778. The van der Waals surface area contributed by atoms with E-state index in [1.807, 2.05) is 20.8 Å². The normalized spacial score (nSPS) is 27.6. The van der Waals surface area contributed by atoms with Crippen molar-refractivity contribution in [1.29, 1.82) is 0 Å². The molecule has 2 aliphatic rings. The first-order valence-electron chi connectivity index (χ1n) is 7.99. The highest BCUT2D eigenvalue weighted by molar-refractivity contribution is 6.43. The number of hydrogen-bond donors (Lipinski definition) is 2. The molecule has 2 bridgehead atoms. The van der Waals surface area contributed by atoms with E-state index in [4.69, 9.17) is 10.2 Å². The lowest BCUT2D eigenvalue weighted by Crippen LogP contribution is -2.33. The summed E-state index contributed by atoms with van der Waals surface area (Å²) < 4.78 is 0. The van der Waals surface area contributed by atoms with Crippen LogP contribution in [0.4, 0.5) is 0 Å². The van der Waals surface area contributed by atoms with Crippen LogP contribution in [0.15, 0.2) is 0 Å². The van der Waals surface area contributed by atoms with Gasteiger partial charge in [0.05, 0.1) is 0 Å². The Morgan fingerprint density at radius 2 is 1.29 bits per heavy atom. The molecule has 2 saturated carbocycles. The number of ketones is 2. The van der Waals surface area contributed by atoms with Gasteiger partial charge in [-0.1, -0.05) is 20.8 Å². The second-order valence-corrected chi connectivity index (χ2v) is 8.38. The van der Waals surface area contributed by atoms with Crippen LogP contribution in [-0.2, 0) is 19.2 Å². The summed E-state index contributed by atoms with van der Waals surface area (Å²) >= 11 is 0. The van der Waals surface area contributed by atoms with E-state index in [9.17, 15) is 19.2 Å². The van der Waals surface area contributed by atoms with Gasteiger partial charge < -0.3 is 19.8 Å². The molecule has 2 rings (SSSR count). The summed E-state index contributed by atoms with van der Waals surface area (Å²) in [5, 5.41) is 16.9. The average Bonchev–Trinajstić information content (AvgIpc) is 2.74. The Labute approximate surface area is 143 Å². The van der Waals surface area contributed by atoms with Crippen molar-refractivity contribution in [1.82, 2.24) is 0 Å². The maximum absolute atomic E-state index is 11.6. The van der Waals surface area contributed by atoms with Crippen LogP contribution in [0.25, 0.3) is 0 Å². The van der Waals surface area contributed by atoms with Crippen LogP contribution in [0.3, 0.4) is 0 Å². The monoisotopic (exact) mass is 342 g/mol. The Balaban J connectivity index is 0.000000377.